The maximum Gasteiger partial charge on any atom is 0.332 e. The Hall–Kier alpha value is -2.12. The lowest BCUT2D eigenvalue weighted by Gasteiger charge is -2.18. The molecule has 0 bridgehead atoms. The van der Waals surface area contributed by atoms with Crippen LogP contribution in [-0.2, 0) is 14.3 Å². The third-order valence-electron chi connectivity index (χ3n) is 2.67. The lowest BCUT2D eigenvalue weighted by atomic mass is 10.0. The zero-order chi connectivity index (χ0) is 15.3. The summed E-state index contributed by atoms with van der Waals surface area (Å²) in [6, 6.07) is 6.37. The van der Waals surface area contributed by atoms with E-state index < -0.39 is 30.4 Å². The van der Waals surface area contributed by atoms with Gasteiger partial charge in [0.05, 0.1) is 5.92 Å². The van der Waals surface area contributed by atoms with Crippen molar-refractivity contribution in [1.82, 2.24) is 0 Å². The Morgan fingerprint density at radius 3 is 2.40 bits per heavy atom. The van der Waals surface area contributed by atoms with E-state index in [4.69, 9.17) is 25.4 Å². The number of carbonyl (C=O) groups is 2. The molecule has 7 heteroatoms. The molecule has 20 heavy (non-hydrogen) atoms. The molecule has 1 aromatic carbocycles. The third-order valence-corrected chi connectivity index (χ3v) is 2.67. The van der Waals surface area contributed by atoms with Crippen molar-refractivity contribution in [3.8, 4) is 5.75 Å². The van der Waals surface area contributed by atoms with Crippen LogP contribution in [0.3, 0.4) is 0 Å². The van der Waals surface area contributed by atoms with Gasteiger partial charge in [-0.1, -0.05) is 12.1 Å². The van der Waals surface area contributed by atoms with Gasteiger partial charge in [-0.15, -0.1) is 0 Å². The molecule has 4 N–H and O–H groups in total. The topological polar surface area (TPSA) is 119 Å². The molecule has 0 aliphatic rings. The lowest BCUT2D eigenvalue weighted by Crippen LogP contribution is -2.36. The van der Waals surface area contributed by atoms with E-state index in [9.17, 15) is 9.59 Å². The number of hydrogen-bond acceptors (Lipinski definition) is 5. The molecule has 3 atom stereocenters. The van der Waals surface area contributed by atoms with Crippen LogP contribution in [0, 0.1) is 0 Å². The van der Waals surface area contributed by atoms with E-state index in [1.54, 1.807) is 25.1 Å². The van der Waals surface area contributed by atoms with Crippen LogP contribution < -0.4 is 10.5 Å². The fraction of sp³-hybridized carbons (Fsp3) is 0.385. The van der Waals surface area contributed by atoms with Crippen LogP contribution in [0.2, 0.25) is 0 Å². The maximum absolute atomic E-state index is 10.9. The van der Waals surface area contributed by atoms with Crippen molar-refractivity contribution in [3.63, 3.8) is 0 Å². The molecule has 1 rings (SSSR count). The summed E-state index contributed by atoms with van der Waals surface area (Å²) in [7, 11) is 0. The van der Waals surface area contributed by atoms with Gasteiger partial charge in [-0.25, -0.2) is 4.79 Å². The van der Waals surface area contributed by atoms with Gasteiger partial charge in [0.25, 0.3) is 6.41 Å². The molecule has 110 valence electrons. The molecule has 0 aromatic heterocycles. The number of rotatable bonds is 7. The molecule has 0 fully saturated rings. The van der Waals surface area contributed by atoms with Crippen LogP contribution in [0.15, 0.2) is 24.3 Å². The summed E-state index contributed by atoms with van der Waals surface area (Å²) in [4.78, 5) is 21.5. The van der Waals surface area contributed by atoms with Crippen LogP contribution in [0.5, 0.6) is 5.75 Å². The average molecular weight is 283 g/mol. The fourth-order valence-corrected chi connectivity index (χ4v) is 1.42. The Balaban J connectivity index is 2.71. The normalized spacial score (nSPS) is 15.2. The molecule has 0 aliphatic carbocycles. The number of carboxylic acids is 2. The van der Waals surface area contributed by atoms with Crippen molar-refractivity contribution >= 4 is 11.9 Å². The largest absolute Gasteiger partial charge is 0.481 e. The molecule has 7 nitrogen and oxygen atoms in total. The minimum atomic E-state index is -1.25. The SMILES string of the molecule is CC(OC(N)Oc1cccc(C(C)C(=O)O)c1)C(=O)O. The van der Waals surface area contributed by atoms with Crippen LogP contribution in [0.4, 0.5) is 0 Å². The van der Waals surface area contributed by atoms with Crippen molar-refractivity contribution in [3.05, 3.63) is 29.8 Å². The highest BCUT2D eigenvalue weighted by Crippen LogP contribution is 2.21. The quantitative estimate of drug-likeness (QED) is 0.638. The zero-order valence-electron chi connectivity index (χ0n) is 11.1. The van der Waals surface area contributed by atoms with E-state index >= 15 is 0 Å². The third kappa shape index (κ3) is 4.52. The van der Waals surface area contributed by atoms with Gasteiger partial charge < -0.3 is 19.7 Å². The first-order valence-electron chi connectivity index (χ1n) is 5.94. The molecule has 0 heterocycles. The van der Waals surface area contributed by atoms with Gasteiger partial charge in [-0.05, 0) is 31.5 Å². The summed E-state index contributed by atoms with van der Waals surface area (Å²) in [6.45, 7) is 2.87. The van der Waals surface area contributed by atoms with Crippen molar-refractivity contribution in [1.29, 1.82) is 0 Å². The first kappa shape index (κ1) is 15.9. The molecule has 0 amide bonds. The molecular weight excluding hydrogens is 266 g/mol. The molecule has 3 unspecified atom stereocenters. The van der Waals surface area contributed by atoms with Crippen LogP contribution in [-0.4, -0.2) is 34.7 Å². The second-order valence-electron chi connectivity index (χ2n) is 4.24. The number of ether oxygens (including phenoxy) is 2. The second kappa shape index (κ2) is 6.88. The van der Waals surface area contributed by atoms with E-state index in [1.807, 2.05) is 0 Å². The molecule has 0 spiro atoms. The Bertz CT molecular complexity index is 490. The van der Waals surface area contributed by atoms with Gasteiger partial charge in [-0.3, -0.25) is 10.5 Å². The number of carboxylic acid groups (broad SMARTS) is 2. The standard InChI is InChI=1S/C13H17NO6/c1-7(11(15)16)9-4-3-5-10(6-9)20-13(14)19-8(2)12(17)18/h3-8,13H,14H2,1-2H3,(H,15,16)(H,17,18). The van der Waals surface area contributed by atoms with Crippen molar-refractivity contribution in [2.24, 2.45) is 5.73 Å². The van der Waals surface area contributed by atoms with E-state index in [1.165, 1.54) is 13.0 Å². The van der Waals surface area contributed by atoms with E-state index in [0.29, 0.717) is 11.3 Å². The Labute approximate surface area is 115 Å². The van der Waals surface area contributed by atoms with Crippen LogP contribution >= 0.6 is 0 Å². The summed E-state index contributed by atoms with van der Waals surface area (Å²) >= 11 is 0. The fourth-order valence-electron chi connectivity index (χ4n) is 1.42. The first-order chi connectivity index (χ1) is 9.31. The Morgan fingerprint density at radius 2 is 1.85 bits per heavy atom. The van der Waals surface area contributed by atoms with Gasteiger partial charge in [0.15, 0.2) is 6.10 Å². The Morgan fingerprint density at radius 1 is 1.20 bits per heavy atom. The van der Waals surface area contributed by atoms with E-state index in [0.717, 1.165) is 0 Å². The Kier molecular flexibility index (Phi) is 5.48. The monoisotopic (exact) mass is 283 g/mol. The smallest absolute Gasteiger partial charge is 0.332 e. The minimum Gasteiger partial charge on any atom is -0.481 e. The van der Waals surface area contributed by atoms with Crippen molar-refractivity contribution in [2.45, 2.75) is 32.3 Å². The number of benzene rings is 1. The highest BCUT2D eigenvalue weighted by atomic mass is 16.7. The first-order valence-corrected chi connectivity index (χ1v) is 5.94. The number of aliphatic carboxylic acids is 2. The average Bonchev–Trinajstić information content (AvgIpc) is 2.37. The van der Waals surface area contributed by atoms with Crippen LogP contribution in [0.25, 0.3) is 0 Å². The summed E-state index contributed by atoms with van der Waals surface area (Å²) in [6.07, 6.45) is -2.36. The van der Waals surface area contributed by atoms with E-state index in [-0.39, 0.29) is 0 Å². The highest BCUT2D eigenvalue weighted by Gasteiger charge is 2.18. The predicted octanol–water partition coefficient (Wildman–Crippen LogP) is 0.985. The second-order valence-corrected chi connectivity index (χ2v) is 4.24. The highest BCUT2D eigenvalue weighted by molar-refractivity contribution is 5.75. The molecular formula is C13H17NO6. The minimum absolute atomic E-state index is 0.306. The number of nitrogens with two attached hydrogens (primary N) is 1. The van der Waals surface area contributed by atoms with Gasteiger partial charge in [-0.2, -0.15) is 0 Å². The molecule has 0 radical (unpaired) electrons. The summed E-state index contributed by atoms with van der Waals surface area (Å²) in [5.41, 5.74) is 6.06. The maximum atomic E-state index is 10.9. The van der Waals surface area contributed by atoms with Crippen molar-refractivity contribution < 1.29 is 29.3 Å². The van der Waals surface area contributed by atoms with Gasteiger partial charge in [0.2, 0.25) is 0 Å². The summed E-state index contributed by atoms with van der Waals surface area (Å²) in [5.74, 6) is -2.49. The van der Waals surface area contributed by atoms with Gasteiger partial charge in [0, 0.05) is 0 Å². The summed E-state index contributed by atoms with van der Waals surface area (Å²) < 4.78 is 10.1. The molecule has 0 aliphatic heterocycles. The van der Waals surface area contributed by atoms with Crippen LogP contribution in [0.1, 0.15) is 25.3 Å². The van der Waals surface area contributed by atoms with E-state index in [2.05, 4.69) is 0 Å². The summed E-state index contributed by atoms with van der Waals surface area (Å²) in [5, 5.41) is 17.6. The van der Waals surface area contributed by atoms with Gasteiger partial charge >= 0.3 is 11.9 Å². The predicted molar refractivity (Wildman–Crippen MR) is 69.3 cm³/mol. The molecule has 0 saturated carbocycles. The van der Waals surface area contributed by atoms with Gasteiger partial charge in [0.1, 0.15) is 5.75 Å². The zero-order valence-corrected chi connectivity index (χ0v) is 11.1. The molecule has 0 saturated heterocycles. The number of hydrogen-bond donors (Lipinski definition) is 3. The molecule has 1 aromatic rings. The lowest BCUT2D eigenvalue weighted by molar-refractivity contribution is -0.166. The van der Waals surface area contributed by atoms with Crippen molar-refractivity contribution in [2.75, 3.05) is 0 Å².